The van der Waals surface area contributed by atoms with Crippen molar-refractivity contribution in [3.63, 3.8) is 0 Å². The van der Waals surface area contributed by atoms with Gasteiger partial charge in [-0.25, -0.2) is 0 Å². The summed E-state index contributed by atoms with van der Waals surface area (Å²) < 4.78 is 5.62. The zero-order valence-corrected chi connectivity index (χ0v) is 10.1. The molecule has 1 aromatic heterocycles. The Morgan fingerprint density at radius 1 is 1.50 bits per heavy atom. The number of hydrogen-bond acceptors (Lipinski definition) is 3. The topological polar surface area (TPSA) is 34.1 Å². The minimum absolute atomic E-state index is 0.600. The summed E-state index contributed by atoms with van der Waals surface area (Å²) in [5, 5.41) is 3.36. The van der Waals surface area contributed by atoms with Gasteiger partial charge in [0.1, 0.15) is 12.4 Å². The van der Waals surface area contributed by atoms with Crippen LogP contribution in [0.25, 0.3) is 0 Å². The predicted molar refractivity (Wildman–Crippen MR) is 66.5 cm³/mol. The molecule has 0 aliphatic heterocycles. The molecule has 0 amide bonds. The maximum Gasteiger partial charge on any atom is 0.142 e. The Labute approximate surface area is 97.5 Å². The van der Waals surface area contributed by atoms with Crippen LogP contribution in [0, 0.1) is 0 Å². The molecule has 0 unspecified atom stereocenters. The van der Waals surface area contributed by atoms with Gasteiger partial charge in [0.15, 0.2) is 0 Å². The van der Waals surface area contributed by atoms with Crippen LogP contribution in [0.4, 0.5) is 0 Å². The van der Waals surface area contributed by atoms with Crippen molar-refractivity contribution in [1.29, 1.82) is 0 Å². The normalized spacial score (nSPS) is 10.9. The Morgan fingerprint density at radius 3 is 3.12 bits per heavy atom. The molecule has 0 aromatic carbocycles. The molecule has 1 aromatic rings. The second-order valence-corrected chi connectivity index (χ2v) is 3.54. The van der Waals surface area contributed by atoms with Crippen molar-refractivity contribution in [2.24, 2.45) is 0 Å². The van der Waals surface area contributed by atoms with Crippen LogP contribution < -0.4 is 10.1 Å². The highest BCUT2D eigenvalue weighted by molar-refractivity contribution is 5.29. The smallest absolute Gasteiger partial charge is 0.142 e. The van der Waals surface area contributed by atoms with Gasteiger partial charge in [-0.3, -0.25) is 4.98 Å². The third kappa shape index (κ3) is 4.45. The summed E-state index contributed by atoms with van der Waals surface area (Å²) in [6.07, 6.45) is 8.67. The van der Waals surface area contributed by atoms with Gasteiger partial charge in [-0.05, 0) is 26.0 Å². The third-order valence-corrected chi connectivity index (χ3v) is 2.18. The van der Waals surface area contributed by atoms with Gasteiger partial charge in [0.25, 0.3) is 0 Å². The third-order valence-electron chi connectivity index (χ3n) is 2.18. The Balaban J connectivity index is 2.53. The highest BCUT2D eigenvalue weighted by Gasteiger charge is 2.01. The van der Waals surface area contributed by atoms with E-state index in [1.165, 1.54) is 0 Å². The Bertz CT molecular complexity index is 323. The van der Waals surface area contributed by atoms with E-state index >= 15 is 0 Å². The molecule has 0 bridgehead atoms. The molecule has 1 heterocycles. The first kappa shape index (κ1) is 12.7. The first-order chi connectivity index (χ1) is 7.88. The predicted octanol–water partition coefficient (Wildman–Crippen LogP) is 2.54. The molecule has 1 N–H and O–H groups in total. The standard InChI is InChI=1S/C13H20N2O/c1-3-5-9-16-13-11-15-8-6-12(13)10-14-7-4-2/h3,5-6,8,11,14H,4,7,9-10H2,1-2H3/b5-3+. The molecule has 16 heavy (non-hydrogen) atoms. The van der Waals surface area contributed by atoms with E-state index in [-0.39, 0.29) is 0 Å². The van der Waals surface area contributed by atoms with Crippen LogP contribution in [0.2, 0.25) is 0 Å². The first-order valence-corrected chi connectivity index (χ1v) is 5.76. The Kier molecular flexibility index (Phi) is 6.26. The van der Waals surface area contributed by atoms with Crippen molar-refractivity contribution in [3.05, 3.63) is 36.2 Å². The number of nitrogens with one attached hydrogen (secondary N) is 1. The minimum Gasteiger partial charge on any atom is -0.488 e. The lowest BCUT2D eigenvalue weighted by Crippen LogP contribution is -2.14. The van der Waals surface area contributed by atoms with Crippen LogP contribution in [0.3, 0.4) is 0 Å². The zero-order chi connectivity index (χ0) is 11.6. The molecule has 3 heteroatoms. The van der Waals surface area contributed by atoms with Gasteiger partial charge in [0.2, 0.25) is 0 Å². The van der Waals surface area contributed by atoms with E-state index in [4.69, 9.17) is 4.74 Å². The molecular weight excluding hydrogens is 200 g/mol. The molecule has 0 atom stereocenters. The molecule has 0 aliphatic carbocycles. The summed E-state index contributed by atoms with van der Waals surface area (Å²) >= 11 is 0. The SMILES string of the molecule is C/C=C/COc1cnccc1CNCCC. The average Bonchev–Trinajstić information content (AvgIpc) is 2.32. The molecule has 0 aliphatic rings. The number of hydrogen-bond donors (Lipinski definition) is 1. The minimum atomic E-state index is 0.600. The molecule has 0 fully saturated rings. The van der Waals surface area contributed by atoms with Crippen molar-refractivity contribution < 1.29 is 4.74 Å². The van der Waals surface area contributed by atoms with Gasteiger partial charge >= 0.3 is 0 Å². The molecule has 0 radical (unpaired) electrons. The second-order valence-electron chi connectivity index (χ2n) is 3.54. The van der Waals surface area contributed by atoms with Gasteiger partial charge in [0.05, 0.1) is 6.20 Å². The molecule has 0 spiro atoms. The fraction of sp³-hybridized carbons (Fsp3) is 0.462. The fourth-order valence-electron chi connectivity index (χ4n) is 1.32. The average molecular weight is 220 g/mol. The van der Waals surface area contributed by atoms with E-state index in [1.807, 2.05) is 25.1 Å². The summed E-state index contributed by atoms with van der Waals surface area (Å²) in [5.41, 5.74) is 1.16. The van der Waals surface area contributed by atoms with E-state index in [0.29, 0.717) is 6.61 Å². The summed E-state index contributed by atoms with van der Waals surface area (Å²) in [7, 11) is 0. The van der Waals surface area contributed by atoms with E-state index in [2.05, 4.69) is 17.2 Å². The van der Waals surface area contributed by atoms with E-state index in [0.717, 1.165) is 30.8 Å². The van der Waals surface area contributed by atoms with Crippen molar-refractivity contribution in [3.8, 4) is 5.75 Å². The van der Waals surface area contributed by atoms with Crippen LogP contribution in [0.1, 0.15) is 25.8 Å². The van der Waals surface area contributed by atoms with Crippen LogP contribution in [0.15, 0.2) is 30.6 Å². The highest BCUT2D eigenvalue weighted by Crippen LogP contribution is 2.15. The molecule has 0 saturated heterocycles. The molecule has 88 valence electrons. The van der Waals surface area contributed by atoms with Gasteiger partial charge in [-0.2, -0.15) is 0 Å². The number of rotatable bonds is 7. The van der Waals surface area contributed by atoms with Gasteiger partial charge in [-0.1, -0.05) is 19.1 Å². The van der Waals surface area contributed by atoms with Crippen molar-refractivity contribution in [1.82, 2.24) is 10.3 Å². The van der Waals surface area contributed by atoms with E-state index in [9.17, 15) is 0 Å². The summed E-state index contributed by atoms with van der Waals surface area (Å²) in [6.45, 7) is 6.60. The van der Waals surface area contributed by atoms with Gasteiger partial charge in [-0.15, -0.1) is 0 Å². The Hall–Kier alpha value is -1.35. The lowest BCUT2D eigenvalue weighted by molar-refractivity contribution is 0.355. The lowest BCUT2D eigenvalue weighted by Gasteiger charge is -2.09. The van der Waals surface area contributed by atoms with Crippen LogP contribution in [-0.4, -0.2) is 18.1 Å². The van der Waals surface area contributed by atoms with E-state index in [1.54, 1.807) is 12.4 Å². The van der Waals surface area contributed by atoms with Gasteiger partial charge < -0.3 is 10.1 Å². The molecule has 0 saturated carbocycles. The second kappa shape index (κ2) is 7.88. The lowest BCUT2D eigenvalue weighted by atomic mass is 10.2. The monoisotopic (exact) mass is 220 g/mol. The Morgan fingerprint density at radius 2 is 2.38 bits per heavy atom. The van der Waals surface area contributed by atoms with Crippen LogP contribution in [-0.2, 0) is 6.54 Å². The largest absolute Gasteiger partial charge is 0.488 e. The number of pyridine rings is 1. The van der Waals surface area contributed by atoms with E-state index < -0.39 is 0 Å². The first-order valence-electron chi connectivity index (χ1n) is 5.76. The molecular formula is C13H20N2O. The maximum atomic E-state index is 5.62. The highest BCUT2D eigenvalue weighted by atomic mass is 16.5. The zero-order valence-electron chi connectivity index (χ0n) is 10.1. The quantitative estimate of drug-likeness (QED) is 0.566. The van der Waals surface area contributed by atoms with Crippen molar-refractivity contribution in [2.45, 2.75) is 26.8 Å². The summed E-state index contributed by atoms with van der Waals surface area (Å²) in [6, 6.07) is 1.99. The van der Waals surface area contributed by atoms with Gasteiger partial charge in [0, 0.05) is 18.3 Å². The maximum absolute atomic E-state index is 5.62. The van der Waals surface area contributed by atoms with Crippen LogP contribution in [0.5, 0.6) is 5.75 Å². The molecule has 1 rings (SSSR count). The summed E-state index contributed by atoms with van der Waals surface area (Å²) in [4.78, 5) is 4.08. The number of allylic oxidation sites excluding steroid dienone is 1. The number of nitrogens with zero attached hydrogens (tertiary/aromatic N) is 1. The number of ether oxygens (including phenoxy) is 1. The number of aromatic nitrogens is 1. The molecule has 3 nitrogen and oxygen atoms in total. The van der Waals surface area contributed by atoms with Crippen molar-refractivity contribution >= 4 is 0 Å². The van der Waals surface area contributed by atoms with Crippen LogP contribution >= 0.6 is 0 Å². The van der Waals surface area contributed by atoms with Crippen molar-refractivity contribution in [2.75, 3.05) is 13.2 Å². The fourth-order valence-corrected chi connectivity index (χ4v) is 1.32. The summed E-state index contributed by atoms with van der Waals surface area (Å²) in [5.74, 6) is 0.865.